The third-order valence-corrected chi connectivity index (χ3v) is 5.25. The van der Waals surface area contributed by atoms with E-state index in [2.05, 4.69) is 15.3 Å². The summed E-state index contributed by atoms with van der Waals surface area (Å²) in [6.07, 6.45) is -3.21. The molecule has 0 spiro atoms. The molecule has 2 aliphatic heterocycles. The molecule has 0 aromatic heterocycles. The molecule has 2 saturated heterocycles. The second kappa shape index (κ2) is 9.91. The molecule has 0 radical (unpaired) electrons. The van der Waals surface area contributed by atoms with Gasteiger partial charge in [-0.15, -0.1) is 0 Å². The van der Waals surface area contributed by atoms with Gasteiger partial charge in [0.05, 0.1) is 19.3 Å². The SMILES string of the molecule is CC(=O)NC1C(N=[N+]=[N-])OC2COC(c3ccccc3)OC2C1OCc1ccccc1. The molecular formula is C22H24N4O5. The van der Waals surface area contributed by atoms with Crippen LogP contribution in [0.3, 0.4) is 0 Å². The number of benzene rings is 2. The normalized spacial score (nSPS) is 30.0. The molecule has 2 fully saturated rings. The van der Waals surface area contributed by atoms with Gasteiger partial charge in [-0.05, 0) is 11.1 Å². The summed E-state index contributed by atoms with van der Waals surface area (Å²) < 4.78 is 24.3. The standard InChI is InChI=1S/C22H24N4O5/c1-14(27)24-18-20(28-12-15-8-4-2-5-9-15)19-17(30-21(18)25-26-23)13-29-22(31-19)16-10-6-3-7-11-16/h2-11,17-22H,12-13H2,1H3,(H,24,27). The lowest BCUT2D eigenvalue weighted by Gasteiger charge is -2.48. The number of fused-ring (bicyclic) bond motifs is 1. The van der Waals surface area contributed by atoms with Gasteiger partial charge in [0.15, 0.2) is 12.5 Å². The second-order valence-electron chi connectivity index (χ2n) is 7.43. The third-order valence-electron chi connectivity index (χ3n) is 5.25. The van der Waals surface area contributed by atoms with Gasteiger partial charge in [-0.2, -0.15) is 0 Å². The predicted molar refractivity (Wildman–Crippen MR) is 110 cm³/mol. The van der Waals surface area contributed by atoms with E-state index in [9.17, 15) is 4.79 Å². The van der Waals surface area contributed by atoms with Crippen molar-refractivity contribution in [3.8, 4) is 0 Å². The number of hydrogen-bond acceptors (Lipinski definition) is 6. The Morgan fingerprint density at radius 2 is 1.87 bits per heavy atom. The Hall–Kier alpha value is -2.94. The molecule has 2 aliphatic rings. The summed E-state index contributed by atoms with van der Waals surface area (Å²) in [6, 6.07) is 18.5. The minimum Gasteiger partial charge on any atom is -0.368 e. The van der Waals surface area contributed by atoms with E-state index in [1.165, 1.54) is 6.92 Å². The van der Waals surface area contributed by atoms with Crippen molar-refractivity contribution in [2.45, 2.75) is 50.4 Å². The van der Waals surface area contributed by atoms with Gasteiger partial charge >= 0.3 is 0 Å². The summed E-state index contributed by atoms with van der Waals surface area (Å²) in [5.74, 6) is -0.287. The molecule has 9 heteroatoms. The van der Waals surface area contributed by atoms with Gasteiger partial charge in [0, 0.05) is 17.4 Å². The van der Waals surface area contributed by atoms with E-state index < -0.39 is 36.9 Å². The first-order valence-electron chi connectivity index (χ1n) is 10.1. The van der Waals surface area contributed by atoms with Crippen LogP contribution >= 0.6 is 0 Å². The average molecular weight is 424 g/mol. The summed E-state index contributed by atoms with van der Waals surface area (Å²) in [5.41, 5.74) is 10.9. The van der Waals surface area contributed by atoms with Gasteiger partial charge in [0.2, 0.25) is 5.91 Å². The van der Waals surface area contributed by atoms with Crippen LogP contribution < -0.4 is 5.32 Å². The maximum atomic E-state index is 11.9. The molecule has 1 amide bonds. The Labute approximate surface area is 179 Å². The number of nitrogens with zero attached hydrogens (tertiary/aromatic N) is 3. The van der Waals surface area contributed by atoms with Gasteiger partial charge in [-0.1, -0.05) is 65.8 Å². The van der Waals surface area contributed by atoms with Gasteiger partial charge in [0.1, 0.15) is 18.3 Å². The first-order chi connectivity index (χ1) is 15.2. The fourth-order valence-corrected chi connectivity index (χ4v) is 3.87. The lowest BCUT2D eigenvalue weighted by Crippen LogP contribution is -2.66. The first kappa shape index (κ1) is 21.3. The lowest BCUT2D eigenvalue weighted by atomic mass is 9.94. The fraction of sp³-hybridized carbons (Fsp3) is 0.409. The molecule has 4 rings (SSSR count). The van der Waals surface area contributed by atoms with Crippen LogP contribution in [0, 0.1) is 0 Å². The van der Waals surface area contributed by atoms with Crippen LogP contribution in [0.15, 0.2) is 65.8 Å². The highest BCUT2D eigenvalue weighted by atomic mass is 16.7. The Morgan fingerprint density at radius 1 is 1.16 bits per heavy atom. The van der Waals surface area contributed by atoms with Crippen LogP contribution in [0.4, 0.5) is 0 Å². The Balaban J connectivity index is 1.61. The molecule has 9 nitrogen and oxygen atoms in total. The third kappa shape index (κ3) is 5.04. The first-order valence-corrected chi connectivity index (χ1v) is 10.1. The van der Waals surface area contributed by atoms with Crippen LogP contribution in [-0.4, -0.2) is 43.1 Å². The Morgan fingerprint density at radius 3 is 2.55 bits per heavy atom. The molecule has 2 heterocycles. The summed E-state index contributed by atoms with van der Waals surface area (Å²) in [5, 5.41) is 6.56. The van der Waals surface area contributed by atoms with Gasteiger partial charge < -0.3 is 24.3 Å². The number of amides is 1. The second-order valence-corrected chi connectivity index (χ2v) is 7.43. The zero-order chi connectivity index (χ0) is 21.6. The summed E-state index contributed by atoms with van der Waals surface area (Å²) in [7, 11) is 0. The lowest BCUT2D eigenvalue weighted by molar-refractivity contribution is -0.320. The quantitative estimate of drug-likeness (QED) is 0.434. The van der Waals surface area contributed by atoms with Crippen LogP contribution in [0.2, 0.25) is 0 Å². The van der Waals surface area contributed by atoms with E-state index in [1.54, 1.807) is 0 Å². The molecule has 6 unspecified atom stereocenters. The van der Waals surface area contributed by atoms with E-state index in [0.29, 0.717) is 6.61 Å². The molecule has 162 valence electrons. The molecule has 1 N–H and O–H groups in total. The van der Waals surface area contributed by atoms with Gasteiger partial charge in [-0.3, -0.25) is 4.79 Å². The van der Waals surface area contributed by atoms with Crippen molar-refractivity contribution in [2.75, 3.05) is 6.61 Å². The van der Waals surface area contributed by atoms with Crippen molar-refractivity contribution in [1.29, 1.82) is 0 Å². The smallest absolute Gasteiger partial charge is 0.217 e. The number of carbonyl (C=O) groups is 1. The minimum absolute atomic E-state index is 0.236. The molecule has 0 bridgehead atoms. The molecule has 0 aliphatic carbocycles. The number of hydrogen-bond donors (Lipinski definition) is 1. The van der Waals surface area contributed by atoms with Gasteiger partial charge in [-0.25, -0.2) is 0 Å². The van der Waals surface area contributed by atoms with Crippen molar-refractivity contribution in [3.05, 3.63) is 82.2 Å². The van der Waals surface area contributed by atoms with Crippen LogP contribution in [0.1, 0.15) is 24.3 Å². The summed E-state index contributed by atoms with van der Waals surface area (Å²) in [4.78, 5) is 14.8. The molecule has 2 aromatic rings. The van der Waals surface area contributed by atoms with E-state index >= 15 is 0 Å². The molecule has 31 heavy (non-hydrogen) atoms. The fourth-order valence-electron chi connectivity index (χ4n) is 3.87. The number of azide groups is 1. The number of rotatable bonds is 6. The van der Waals surface area contributed by atoms with E-state index in [-0.39, 0.29) is 12.5 Å². The van der Waals surface area contributed by atoms with Crippen molar-refractivity contribution < 1.29 is 23.7 Å². The van der Waals surface area contributed by atoms with Crippen LogP contribution in [0.5, 0.6) is 0 Å². The molecular weight excluding hydrogens is 400 g/mol. The Kier molecular flexibility index (Phi) is 6.81. The van der Waals surface area contributed by atoms with Crippen LogP contribution in [-0.2, 0) is 30.3 Å². The maximum Gasteiger partial charge on any atom is 0.217 e. The number of ether oxygens (including phenoxy) is 4. The number of carbonyl (C=O) groups excluding carboxylic acids is 1. The van der Waals surface area contributed by atoms with Crippen LogP contribution in [0.25, 0.3) is 10.4 Å². The van der Waals surface area contributed by atoms with E-state index in [1.807, 2.05) is 60.7 Å². The molecule has 0 saturated carbocycles. The van der Waals surface area contributed by atoms with Crippen molar-refractivity contribution in [2.24, 2.45) is 5.11 Å². The highest BCUT2D eigenvalue weighted by Gasteiger charge is 2.50. The molecule has 6 atom stereocenters. The maximum absolute atomic E-state index is 11.9. The predicted octanol–water partition coefficient (Wildman–Crippen LogP) is 3.23. The van der Waals surface area contributed by atoms with Crippen molar-refractivity contribution in [1.82, 2.24) is 5.32 Å². The number of nitrogens with one attached hydrogen (secondary N) is 1. The largest absolute Gasteiger partial charge is 0.368 e. The van der Waals surface area contributed by atoms with Crippen molar-refractivity contribution >= 4 is 5.91 Å². The zero-order valence-electron chi connectivity index (χ0n) is 17.0. The average Bonchev–Trinajstić information content (AvgIpc) is 2.79. The topological polar surface area (TPSA) is 115 Å². The van der Waals surface area contributed by atoms with E-state index in [4.69, 9.17) is 24.5 Å². The Bertz CT molecular complexity index is 922. The highest BCUT2D eigenvalue weighted by molar-refractivity contribution is 5.73. The minimum atomic E-state index is -0.948. The van der Waals surface area contributed by atoms with Crippen molar-refractivity contribution in [3.63, 3.8) is 0 Å². The van der Waals surface area contributed by atoms with E-state index in [0.717, 1.165) is 11.1 Å². The monoisotopic (exact) mass is 424 g/mol. The zero-order valence-corrected chi connectivity index (χ0v) is 17.0. The summed E-state index contributed by atoms with van der Waals surface area (Å²) in [6.45, 7) is 1.93. The highest BCUT2D eigenvalue weighted by Crippen LogP contribution is 2.36. The molecule has 2 aromatic carbocycles. The summed E-state index contributed by atoms with van der Waals surface area (Å²) >= 11 is 0. The van der Waals surface area contributed by atoms with Gasteiger partial charge in [0.25, 0.3) is 0 Å².